The van der Waals surface area contributed by atoms with Crippen LogP contribution in [0, 0.1) is 6.92 Å². The van der Waals surface area contributed by atoms with Crippen LogP contribution in [-0.2, 0) is 23.0 Å². The highest BCUT2D eigenvalue weighted by Crippen LogP contribution is 2.24. The molecule has 0 fully saturated rings. The van der Waals surface area contributed by atoms with E-state index in [1.165, 1.54) is 21.8 Å². The molecule has 1 aliphatic rings. The predicted octanol–water partition coefficient (Wildman–Crippen LogP) is 2.45. The molecule has 0 saturated carbocycles. The van der Waals surface area contributed by atoms with Gasteiger partial charge in [0.1, 0.15) is 4.21 Å². The molecule has 0 bridgehead atoms. The van der Waals surface area contributed by atoms with Crippen molar-refractivity contribution in [1.82, 2.24) is 9.62 Å². The first-order chi connectivity index (χ1) is 10.0. The Hall–Kier alpha value is -0.730. The van der Waals surface area contributed by atoms with Crippen LogP contribution in [0.25, 0.3) is 0 Å². The van der Waals surface area contributed by atoms with Crippen LogP contribution in [0.1, 0.15) is 15.3 Å². The smallest absolute Gasteiger partial charge is 0.250 e. The first-order valence-corrected chi connectivity index (χ1v) is 10.1. The van der Waals surface area contributed by atoms with Crippen molar-refractivity contribution < 1.29 is 8.42 Å². The molecule has 0 spiro atoms. The van der Waals surface area contributed by atoms with Gasteiger partial charge in [-0.15, -0.1) is 22.7 Å². The normalized spacial score (nSPS) is 16.0. The number of hydrogen-bond acceptors (Lipinski definition) is 5. The summed E-state index contributed by atoms with van der Waals surface area (Å²) in [4.78, 5) is 4.79. The van der Waals surface area contributed by atoms with E-state index in [4.69, 9.17) is 0 Å². The molecular formula is C14H18N2O2S3. The minimum atomic E-state index is -3.35. The van der Waals surface area contributed by atoms with Crippen LogP contribution in [0.3, 0.4) is 0 Å². The monoisotopic (exact) mass is 342 g/mol. The van der Waals surface area contributed by atoms with Gasteiger partial charge in [-0.1, -0.05) is 0 Å². The molecule has 4 nitrogen and oxygen atoms in total. The van der Waals surface area contributed by atoms with Gasteiger partial charge in [-0.05, 0) is 42.5 Å². The second kappa shape index (κ2) is 6.18. The third-order valence-electron chi connectivity index (χ3n) is 3.59. The van der Waals surface area contributed by atoms with E-state index in [2.05, 4.69) is 21.1 Å². The van der Waals surface area contributed by atoms with Crippen LogP contribution in [0.15, 0.2) is 27.8 Å². The summed E-state index contributed by atoms with van der Waals surface area (Å²) in [5, 5.41) is 2.13. The maximum Gasteiger partial charge on any atom is 0.250 e. The Kier molecular flexibility index (Phi) is 4.46. The molecule has 0 radical (unpaired) electrons. The summed E-state index contributed by atoms with van der Waals surface area (Å²) in [7, 11) is -3.35. The predicted molar refractivity (Wildman–Crippen MR) is 87.5 cm³/mol. The largest absolute Gasteiger partial charge is 0.297 e. The molecule has 0 amide bonds. The highest BCUT2D eigenvalue weighted by molar-refractivity contribution is 7.91. The van der Waals surface area contributed by atoms with E-state index in [0.717, 1.165) is 30.9 Å². The Balaban J connectivity index is 1.53. The fraction of sp³-hybridized carbons (Fsp3) is 0.429. The second-order valence-corrected chi connectivity index (χ2v) is 9.44. The molecule has 7 heteroatoms. The Labute approximate surface area is 133 Å². The van der Waals surface area contributed by atoms with E-state index in [0.29, 0.717) is 10.8 Å². The van der Waals surface area contributed by atoms with Crippen LogP contribution in [0.4, 0.5) is 0 Å². The summed E-state index contributed by atoms with van der Waals surface area (Å²) in [5.41, 5.74) is 1.39. The summed E-state index contributed by atoms with van der Waals surface area (Å²) in [6.07, 6.45) is 1.07. The fourth-order valence-corrected chi connectivity index (χ4v) is 5.70. The zero-order chi connectivity index (χ0) is 14.9. The van der Waals surface area contributed by atoms with Gasteiger partial charge in [0, 0.05) is 35.9 Å². The number of nitrogens with zero attached hydrogens (tertiary/aromatic N) is 1. The van der Waals surface area contributed by atoms with Crippen molar-refractivity contribution in [2.24, 2.45) is 0 Å². The molecule has 2 aromatic rings. The molecule has 21 heavy (non-hydrogen) atoms. The molecule has 0 unspecified atom stereocenters. The highest BCUT2D eigenvalue weighted by Gasteiger charge is 2.19. The van der Waals surface area contributed by atoms with E-state index < -0.39 is 10.0 Å². The molecular weight excluding hydrogens is 324 g/mol. The van der Waals surface area contributed by atoms with Gasteiger partial charge in [-0.2, -0.15) is 0 Å². The summed E-state index contributed by atoms with van der Waals surface area (Å²) in [6.45, 7) is 5.06. The van der Waals surface area contributed by atoms with Gasteiger partial charge < -0.3 is 0 Å². The average molecular weight is 343 g/mol. The minimum absolute atomic E-state index is 0.402. The fourth-order valence-electron chi connectivity index (χ4n) is 2.46. The first-order valence-electron chi connectivity index (χ1n) is 6.88. The van der Waals surface area contributed by atoms with Gasteiger partial charge in [0.05, 0.1) is 0 Å². The minimum Gasteiger partial charge on any atom is -0.297 e. The zero-order valence-electron chi connectivity index (χ0n) is 11.8. The lowest BCUT2D eigenvalue weighted by Gasteiger charge is -2.26. The van der Waals surface area contributed by atoms with Gasteiger partial charge >= 0.3 is 0 Å². The first kappa shape index (κ1) is 15.2. The molecule has 0 aliphatic carbocycles. The van der Waals surface area contributed by atoms with E-state index in [9.17, 15) is 8.42 Å². The molecule has 0 saturated heterocycles. The van der Waals surface area contributed by atoms with Crippen LogP contribution in [-0.4, -0.2) is 33.0 Å². The van der Waals surface area contributed by atoms with Crippen LogP contribution >= 0.6 is 22.7 Å². The van der Waals surface area contributed by atoms with Crippen LogP contribution < -0.4 is 4.72 Å². The van der Waals surface area contributed by atoms with E-state index in [-0.39, 0.29) is 0 Å². The van der Waals surface area contributed by atoms with Gasteiger partial charge in [0.2, 0.25) is 10.0 Å². The van der Waals surface area contributed by atoms with Crippen molar-refractivity contribution in [3.8, 4) is 0 Å². The average Bonchev–Trinajstić information content (AvgIpc) is 3.06. The molecule has 0 atom stereocenters. The van der Waals surface area contributed by atoms with Gasteiger partial charge in [0.25, 0.3) is 0 Å². The Morgan fingerprint density at radius 2 is 2.19 bits per heavy atom. The van der Waals surface area contributed by atoms with Gasteiger partial charge in [0.15, 0.2) is 0 Å². The third-order valence-corrected chi connectivity index (χ3v) is 7.56. The van der Waals surface area contributed by atoms with E-state index in [1.54, 1.807) is 6.07 Å². The Morgan fingerprint density at radius 1 is 1.33 bits per heavy atom. The quantitative estimate of drug-likeness (QED) is 0.908. The van der Waals surface area contributed by atoms with Crippen molar-refractivity contribution in [3.63, 3.8) is 0 Å². The number of thiophene rings is 2. The van der Waals surface area contributed by atoms with Crippen molar-refractivity contribution >= 4 is 32.7 Å². The summed E-state index contributed by atoms with van der Waals surface area (Å²) < 4.78 is 27.4. The number of sulfonamides is 1. The van der Waals surface area contributed by atoms with E-state index in [1.807, 2.05) is 24.3 Å². The number of fused-ring (bicyclic) bond motifs is 1. The molecule has 3 rings (SSSR count). The maximum absolute atomic E-state index is 12.1. The number of rotatable bonds is 5. The van der Waals surface area contributed by atoms with Crippen molar-refractivity contribution in [2.75, 3.05) is 19.6 Å². The maximum atomic E-state index is 12.1. The summed E-state index contributed by atoms with van der Waals surface area (Å²) >= 11 is 3.13. The molecule has 114 valence electrons. The topological polar surface area (TPSA) is 49.4 Å². The SMILES string of the molecule is Cc1ccc(S(=O)(=O)NCCN2CCc3sccc3C2)s1. The lowest BCUT2D eigenvalue weighted by Crippen LogP contribution is -2.37. The molecule has 1 aliphatic heterocycles. The standard InChI is InChI=1S/C14H18N2O2S3/c1-11-2-3-14(20-11)21(17,18)15-6-8-16-7-4-13-12(10-16)5-9-19-13/h2-3,5,9,15H,4,6-8,10H2,1H3. The molecule has 2 aromatic heterocycles. The van der Waals surface area contributed by atoms with E-state index >= 15 is 0 Å². The number of aryl methyl sites for hydroxylation is 1. The Morgan fingerprint density at radius 3 is 2.95 bits per heavy atom. The van der Waals surface area contributed by atoms with Crippen LogP contribution in [0.5, 0.6) is 0 Å². The van der Waals surface area contributed by atoms with Crippen molar-refractivity contribution in [2.45, 2.75) is 24.1 Å². The second-order valence-electron chi connectivity index (χ2n) is 5.16. The van der Waals surface area contributed by atoms with Gasteiger partial charge in [-0.25, -0.2) is 13.1 Å². The molecule has 1 N–H and O–H groups in total. The van der Waals surface area contributed by atoms with Crippen molar-refractivity contribution in [1.29, 1.82) is 0 Å². The number of hydrogen-bond donors (Lipinski definition) is 1. The molecule has 3 heterocycles. The lowest BCUT2D eigenvalue weighted by molar-refractivity contribution is 0.260. The van der Waals surface area contributed by atoms with Gasteiger partial charge in [-0.3, -0.25) is 4.90 Å². The van der Waals surface area contributed by atoms with Crippen LogP contribution in [0.2, 0.25) is 0 Å². The summed E-state index contributed by atoms with van der Waals surface area (Å²) in [6, 6.07) is 5.67. The molecule has 0 aromatic carbocycles. The number of nitrogens with one attached hydrogen (secondary N) is 1. The third kappa shape index (κ3) is 3.54. The lowest BCUT2D eigenvalue weighted by atomic mass is 10.1. The highest BCUT2D eigenvalue weighted by atomic mass is 32.2. The van der Waals surface area contributed by atoms with Crippen molar-refractivity contribution in [3.05, 3.63) is 38.9 Å². The Bertz CT molecular complexity index is 718. The summed E-state index contributed by atoms with van der Waals surface area (Å²) in [5.74, 6) is 0. The zero-order valence-corrected chi connectivity index (χ0v) is 14.3.